The molecule has 1 aromatic carbocycles. The third-order valence-electron chi connectivity index (χ3n) is 3.50. The summed E-state index contributed by atoms with van der Waals surface area (Å²) < 4.78 is 14.9. The molecule has 0 fully saturated rings. The first-order chi connectivity index (χ1) is 11.6. The van der Waals surface area contributed by atoms with Gasteiger partial charge in [0.2, 0.25) is 5.89 Å². The van der Waals surface area contributed by atoms with E-state index in [9.17, 15) is 9.59 Å². The van der Waals surface area contributed by atoms with Crippen LogP contribution in [0.1, 0.15) is 32.3 Å². The van der Waals surface area contributed by atoms with Crippen molar-refractivity contribution in [1.82, 2.24) is 9.88 Å². The highest BCUT2D eigenvalue weighted by molar-refractivity contribution is 5.95. The monoisotopic (exact) mass is 332 g/mol. The second-order valence-corrected chi connectivity index (χ2v) is 5.15. The summed E-state index contributed by atoms with van der Waals surface area (Å²) in [6, 6.07) is 7.34. The number of ether oxygens (including phenoxy) is 2. The molecule has 0 unspecified atom stereocenters. The van der Waals surface area contributed by atoms with E-state index in [2.05, 4.69) is 9.72 Å². The lowest BCUT2D eigenvalue weighted by Crippen LogP contribution is -2.34. The van der Waals surface area contributed by atoms with Crippen molar-refractivity contribution >= 4 is 11.9 Å². The van der Waals surface area contributed by atoms with E-state index in [1.807, 2.05) is 25.1 Å². The number of benzene rings is 1. The molecule has 0 aliphatic heterocycles. The molecule has 24 heavy (non-hydrogen) atoms. The van der Waals surface area contributed by atoms with Crippen LogP contribution < -0.4 is 0 Å². The zero-order valence-electron chi connectivity index (χ0n) is 13.9. The molecule has 0 N–H and O–H groups in total. The lowest BCUT2D eigenvalue weighted by atomic mass is 10.1. The number of aryl methyl sites for hydroxylation is 1. The molecular formula is C17H20N2O5. The summed E-state index contributed by atoms with van der Waals surface area (Å²) in [6.45, 7) is 2.76. The Bertz CT molecular complexity index is 711. The molecule has 2 rings (SSSR count). The fourth-order valence-electron chi connectivity index (χ4n) is 2.18. The lowest BCUT2D eigenvalue weighted by molar-refractivity contribution is 0.0594. The average molecular weight is 332 g/mol. The minimum Gasteiger partial charge on any atom is -0.464 e. The van der Waals surface area contributed by atoms with E-state index in [1.54, 1.807) is 18.1 Å². The van der Waals surface area contributed by atoms with Gasteiger partial charge >= 0.3 is 5.97 Å². The highest BCUT2D eigenvalue weighted by Crippen LogP contribution is 2.14. The topological polar surface area (TPSA) is 81.9 Å². The molecule has 0 saturated carbocycles. The van der Waals surface area contributed by atoms with Crippen LogP contribution >= 0.6 is 0 Å². The molecule has 2 aromatic rings. The number of hydrogen-bond donors (Lipinski definition) is 0. The molecule has 128 valence electrons. The highest BCUT2D eigenvalue weighted by Gasteiger charge is 2.21. The molecule has 7 heteroatoms. The maximum atomic E-state index is 12.8. The first kappa shape index (κ1) is 17.7. The van der Waals surface area contributed by atoms with E-state index in [1.165, 1.54) is 13.4 Å². The van der Waals surface area contributed by atoms with Gasteiger partial charge in [-0.05, 0) is 18.6 Å². The van der Waals surface area contributed by atoms with Crippen molar-refractivity contribution in [2.45, 2.75) is 13.5 Å². The van der Waals surface area contributed by atoms with E-state index < -0.39 is 5.97 Å². The smallest absolute Gasteiger partial charge is 0.360 e. The Kier molecular flexibility index (Phi) is 6.08. The molecule has 0 spiro atoms. The van der Waals surface area contributed by atoms with Gasteiger partial charge in [-0.1, -0.05) is 18.2 Å². The molecule has 1 aromatic heterocycles. The zero-order chi connectivity index (χ0) is 17.5. The number of carbonyl (C=O) groups is 2. The number of amides is 1. The van der Waals surface area contributed by atoms with Crippen LogP contribution in [0.4, 0.5) is 0 Å². The fraction of sp³-hybridized carbons (Fsp3) is 0.353. The van der Waals surface area contributed by atoms with E-state index in [0.29, 0.717) is 18.7 Å². The minimum absolute atomic E-state index is 0.0718. The van der Waals surface area contributed by atoms with Gasteiger partial charge in [-0.2, -0.15) is 0 Å². The largest absolute Gasteiger partial charge is 0.464 e. The van der Waals surface area contributed by atoms with E-state index in [4.69, 9.17) is 9.15 Å². The molecule has 1 amide bonds. The molecular weight excluding hydrogens is 312 g/mol. The van der Waals surface area contributed by atoms with Crippen molar-refractivity contribution in [2.75, 3.05) is 27.4 Å². The average Bonchev–Trinajstić information content (AvgIpc) is 3.06. The van der Waals surface area contributed by atoms with E-state index in [-0.39, 0.29) is 24.0 Å². The number of carbonyl (C=O) groups excluding carboxylic acids is 2. The Balaban J connectivity index is 2.19. The van der Waals surface area contributed by atoms with Gasteiger partial charge in [0.05, 0.1) is 20.3 Å². The van der Waals surface area contributed by atoms with Crippen LogP contribution in [0.25, 0.3) is 0 Å². The summed E-state index contributed by atoms with van der Waals surface area (Å²) in [5.41, 5.74) is 1.56. The standard InChI is InChI=1S/C17H20N2O5/c1-12-6-4-5-7-13(12)16(20)19(8-9-22-2)10-15-18-14(11-24-15)17(21)23-3/h4-7,11H,8-10H2,1-3H3. The van der Waals surface area contributed by atoms with E-state index >= 15 is 0 Å². The van der Waals surface area contributed by atoms with Gasteiger partial charge in [-0.15, -0.1) is 0 Å². The van der Waals surface area contributed by atoms with Crippen LogP contribution in [0.2, 0.25) is 0 Å². The normalized spacial score (nSPS) is 10.5. The van der Waals surface area contributed by atoms with Crippen LogP contribution in [0, 0.1) is 6.92 Å². The number of aromatic nitrogens is 1. The second kappa shape index (κ2) is 8.26. The van der Waals surface area contributed by atoms with Crippen molar-refractivity contribution < 1.29 is 23.5 Å². The molecule has 0 bridgehead atoms. The van der Waals surface area contributed by atoms with Crippen molar-refractivity contribution in [1.29, 1.82) is 0 Å². The van der Waals surface area contributed by atoms with Gasteiger partial charge in [-0.3, -0.25) is 4.79 Å². The Labute approximate surface area is 140 Å². The first-order valence-corrected chi connectivity index (χ1v) is 7.43. The van der Waals surface area contributed by atoms with Gasteiger partial charge < -0.3 is 18.8 Å². The van der Waals surface area contributed by atoms with Crippen molar-refractivity contribution in [3.8, 4) is 0 Å². The summed E-state index contributed by atoms with van der Waals surface area (Å²) in [4.78, 5) is 29.8. The quantitative estimate of drug-likeness (QED) is 0.722. The minimum atomic E-state index is -0.585. The lowest BCUT2D eigenvalue weighted by Gasteiger charge is -2.21. The third-order valence-corrected chi connectivity index (χ3v) is 3.50. The second-order valence-electron chi connectivity index (χ2n) is 5.15. The Morgan fingerprint density at radius 1 is 1.25 bits per heavy atom. The molecule has 0 saturated heterocycles. The molecule has 0 aliphatic rings. The first-order valence-electron chi connectivity index (χ1n) is 7.43. The van der Waals surface area contributed by atoms with Gasteiger partial charge in [0.25, 0.3) is 5.91 Å². The predicted octanol–water partition coefficient (Wildman–Crippen LogP) is 2.06. The summed E-state index contributed by atoms with van der Waals surface area (Å²) in [5.74, 6) is -0.477. The van der Waals surface area contributed by atoms with Crippen LogP contribution in [0.3, 0.4) is 0 Å². The van der Waals surface area contributed by atoms with Crippen LogP contribution in [-0.2, 0) is 16.0 Å². The number of nitrogens with zero attached hydrogens (tertiary/aromatic N) is 2. The Morgan fingerprint density at radius 2 is 2.00 bits per heavy atom. The fourth-order valence-corrected chi connectivity index (χ4v) is 2.18. The van der Waals surface area contributed by atoms with Crippen LogP contribution in [0.5, 0.6) is 0 Å². The van der Waals surface area contributed by atoms with Crippen molar-refractivity contribution in [3.05, 3.63) is 53.2 Å². The van der Waals surface area contributed by atoms with Crippen LogP contribution in [0.15, 0.2) is 34.9 Å². The van der Waals surface area contributed by atoms with Gasteiger partial charge in [0, 0.05) is 19.2 Å². The molecule has 0 aliphatic carbocycles. The maximum absolute atomic E-state index is 12.8. The Hall–Kier alpha value is -2.67. The van der Waals surface area contributed by atoms with Gasteiger partial charge in [0.15, 0.2) is 5.69 Å². The summed E-state index contributed by atoms with van der Waals surface area (Å²) in [6.07, 6.45) is 1.22. The molecule has 0 radical (unpaired) electrons. The van der Waals surface area contributed by atoms with Gasteiger partial charge in [0.1, 0.15) is 6.26 Å². The van der Waals surface area contributed by atoms with E-state index in [0.717, 1.165) is 5.56 Å². The summed E-state index contributed by atoms with van der Waals surface area (Å²) in [7, 11) is 2.83. The Morgan fingerprint density at radius 3 is 2.67 bits per heavy atom. The number of rotatable bonds is 7. The molecule has 0 atom stereocenters. The van der Waals surface area contributed by atoms with Crippen molar-refractivity contribution in [3.63, 3.8) is 0 Å². The molecule has 1 heterocycles. The third kappa shape index (κ3) is 4.20. The SMILES string of the molecule is COCCN(Cc1nc(C(=O)OC)co1)C(=O)c1ccccc1C. The summed E-state index contributed by atoms with van der Waals surface area (Å²) >= 11 is 0. The number of methoxy groups -OCH3 is 2. The van der Waals surface area contributed by atoms with Gasteiger partial charge in [-0.25, -0.2) is 9.78 Å². The summed E-state index contributed by atoms with van der Waals surface area (Å²) in [5, 5.41) is 0. The van der Waals surface area contributed by atoms with Crippen LogP contribution in [-0.4, -0.2) is 49.1 Å². The highest BCUT2D eigenvalue weighted by atomic mass is 16.5. The number of oxazole rings is 1. The zero-order valence-corrected chi connectivity index (χ0v) is 13.9. The predicted molar refractivity (Wildman–Crippen MR) is 85.6 cm³/mol. The molecule has 7 nitrogen and oxygen atoms in total. The maximum Gasteiger partial charge on any atom is 0.360 e. The van der Waals surface area contributed by atoms with Crippen molar-refractivity contribution in [2.24, 2.45) is 0 Å². The number of esters is 1. The number of hydrogen-bond acceptors (Lipinski definition) is 6.